The van der Waals surface area contributed by atoms with Crippen molar-refractivity contribution in [1.29, 1.82) is 0 Å². The molecular weight excluding hydrogens is 609 g/mol. The van der Waals surface area contributed by atoms with Crippen LogP contribution in [0.3, 0.4) is 0 Å². The van der Waals surface area contributed by atoms with E-state index >= 15 is 0 Å². The molecular formula is C46H34N4. The first kappa shape index (κ1) is 30.5. The Bertz CT molecular complexity index is 2080. The van der Waals surface area contributed by atoms with Gasteiger partial charge in [0.1, 0.15) is 0 Å². The molecule has 0 amide bonds. The van der Waals surface area contributed by atoms with Crippen molar-refractivity contribution in [2.75, 3.05) is 9.80 Å². The SMILES string of the molecule is c1ccc(N(c2ccccc2)c2ccccc2-c2cncc(-c3cncc(-c4ccccc4N(c4ccccc4)c4ccccc4)c3)c2)cc1. The van der Waals surface area contributed by atoms with Crippen molar-refractivity contribution in [3.8, 4) is 33.4 Å². The average Bonchev–Trinajstić information content (AvgIpc) is 3.20. The molecule has 0 N–H and O–H groups in total. The van der Waals surface area contributed by atoms with Crippen LogP contribution in [0.15, 0.2) is 207 Å². The van der Waals surface area contributed by atoms with Gasteiger partial charge >= 0.3 is 0 Å². The van der Waals surface area contributed by atoms with Crippen LogP contribution < -0.4 is 9.80 Å². The van der Waals surface area contributed by atoms with Gasteiger partial charge in [-0.25, -0.2) is 0 Å². The molecule has 8 rings (SSSR count). The van der Waals surface area contributed by atoms with Crippen LogP contribution in [0.4, 0.5) is 34.1 Å². The second-order valence-corrected chi connectivity index (χ2v) is 12.0. The predicted octanol–water partition coefficient (Wildman–Crippen LogP) is 12.4. The zero-order chi connectivity index (χ0) is 33.5. The minimum atomic E-state index is 0.998. The summed E-state index contributed by atoms with van der Waals surface area (Å²) in [5.74, 6) is 0. The standard InChI is InChI=1S/C46H34N4/c1-5-17-39(18-6-1)49(40-19-7-2-8-20-40)45-27-15-13-25-43(45)37-29-35(31-47-33-37)36-30-38(34-48-32-36)44-26-14-16-28-46(44)50(41-21-9-3-10-22-41)42-23-11-4-12-24-42/h1-34H. The van der Waals surface area contributed by atoms with E-state index in [9.17, 15) is 0 Å². The van der Waals surface area contributed by atoms with Crippen LogP contribution in [0.2, 0.25) is 0 Å². The van der Waals surface area contributed by atoms with E-state index in [-0.39, 0.29) is 0 Å². The molecule has 0 aliphatic carbocycles. The number of hydrogen-bond acceptors (Lipinski definition) is 4. The maximum atomic E-state index is 4.76. The Balaban J connectivity index is 1.20. The molecule has 0 unspecified atom stereocenters. The third-order valence-electron chi connectivity index (χ3n) is 8.78. The summed E-state index contributed by atoms with van der Waals surface area (Å²) in [7, 11) is 0. The van der Waals surface area contributed by atoms with Gasteiger partial charge in [0.25, 0.3) is 0 Å². The third-order valence-corrected chi connectivity index (χ3v) is 8.78. The summed E-state index contributed by atoms with van der Waals surface area (Å²) < 4.78 is 0. The van der Waals surface area contributed by atoms with Gasteiger partial charge in [0.15, 0.2) is 0 Å². The fourth-order valence-electron chi connectivity index (χ4n) is 6.48. The zero-order valence-electron chi connectivity index (χ0n) is 27.4. The summed E-state index contributed by atoms with van der Waals surface area (Å²) >= 11 is 0. The molecule has 0 bridgehead atoms. The smallest absolute Gasteiger partial charge is 0.0540 e. The lowest BCUT2D eigenvalue weighted by atomic mass is 9.98. The summed E-state index contributed by atoms with van der Waals surface area (Å²) in [6.07, 6.45) is 7.73. The van der Waals surface area contributed by atoms with Crippen LogP contribution in [0.25, 0.3) is 33.4 Å². The van der Waals surface area contributed by atoms with Crippen molar-refractivity contribution in [3.05, 3.63) is 207 Å². The van der Waals surface area contributed by atoms with E-state index in [1.54, 1.807) is 0 Å². The Morgan fingerprint density at radius 2 is 0.560 bits per heavy atom. The van der Waals surface area contributed by atoms with E-state index < -0.39 is 0 Å². The van der Waals surface area contributed by atoms with Crippen LogP contribution in [-0.4, -0.2) is 9.97 Å². The van der Waals surface area contributed by atoms with Crippen LogP contribution >= 0.6 is 0 Å². The van der Waals surface area contributed by atoms with Crippen LogP contribution in [0, 0.1) is 0 Å². The van der Waals surface area contributed by atoms with Crippen molar-refractivity contribution in [3.63, 3.8) is 0 Å². The van der Waals surface area contributed by atoms with Gasteiger partial charge in [-0.1, -0.05) is 109 Å². The largest absolute Gasteiger partial charge is 0.310 e. The van der Waals surface area contributed by atoms with Crippen molar-refractivity contribution in [1.82, 2.24) is 9.97 Å². The Kier molecular flexibility index (Phi) is 8.64. The highest BCUT2D eigenvalue weighted by atomic mass is 15.1. The number of para-hydroxylation sites is 6. The maximum Gasteiger partial charge on any atom is 0.0540 e. The second kappa shape index (κ2) is 14.1. The highest BCUT2D eigenvalue weighted by Crippen LogP contribution is 2.43. The molecule has 50 heavy (non-hydrogen) atoms. The first-order valence-electron chi connectivity index (χ1n) is 16.7. The number of anilines is 6. The van der Waals surface area contributed by atoms with Crippen molar-refractivity contribution < 1.29 is 0 Å². The van der Waals surface area contributed by atoms with Crippen LogP contribution in [0.1, 0.15) is 0 Å². The highest BCUT2D eigenvalue weighted by Gasteiger charge is 2.19. The van der Waals surface area contributed by atoms with Crippen molar-refractivity contribution >= 4 is 34.1 Å². The van der Waals surface area contributed by atoms with Crippen molar-refractivity contribution in [2.24, 2.45) is 0 Å². The van der Waals surface area contributed by atoms with Crippen LogP contribution in [-0.2, 0) is 0 Å². The fraction of sp³-hybridized carbons (Fsp3) is 0. The topological polar surface area (TPSA) is 32.3 Å². The lowest BCUT2D eigenvalue weighted by molar-refractivity contribution is 1.26. The number of hydrogen-bond donors (Lipinski definition) is 0. The Morgan fingerprint density at radius 1 is 0.280 bits per heavy atom. The minimum Gasteiger partial charge on any atom is -0.310 e. The quantitative estimate of drug-likeness (QED) is 0.157. The average molecular weight is 643 g/mol. The second-order valence-electron chi connectivity index (χ2n) is 12.0. The molecule has 0 saturated heterocycles. The summed E-state index contributed by atoms with van der Waals surface area (Å²) in [5, 5.41) is 0. The lowest BCUT2D eigenvalue weighted by Crippen LogP contribution is -2.11. The molecule has 8 aromatic rings. The van der Waals surface area contributed by atoms with Gasteiger partial charge < -0.3 is 9.80 Å². The van der Waals surface area contributed by atoms with Gasteiger partial charge in [0.05, 0.1) is 11.4 Å². The molecule has 0 spiro atoms. The number of nitrogens with zero attached hydrogens (tertiary/aromatic N) is 4. The van der Waals surface area contributed by atoms with Gasteiger partial charge in [0, 0.05) is 80.9 Å². The molecule has 4 heteroatoms. The third kappa shape index (κ3) is 6.26. The lowest BCUT2D eigenvalue weighted by Gasteiger charge is -2.28. The van der Waals surface area contributed by atoms with Gasteiger partial charge in [0.2, 0.25) is 0 Å². The monoisotopic (exact) mass is 642 g/mol. The zero-order valence-corrected chi connectivity index (χ0v) is 27.4. The van der Waals surface area contributed by atoms with E-state index in [0.717, 1.165) is 67.5 Å². The van der Waals surface area contributed by atoms with E-state index in [0.29, 0.717) is 0 Å². The minimum absolute atomic E-state index is 0.998. The normalized spacial score (nSPS) is 10.8. The molecule has 0 aliphatic heterocycles. The Hall–Kier alpha value is -6.78. The summed E-state index contributed by atoms with van der Waals surface area (Å²) in [4.78, 5) is 14.1. The molecule has 0 radical (unpaired) electrons. The predicted molar refractivity (Wildman–Crippen MR) is 208 cm³/mol. The molecule has 238 valence electrons. The van der Waals surface area contributed by atoms with Gasteiger partial charge in [-0.05, 0) is 72.8 Å². The fourth-order valence-corrected chi connectivity index (χ4v) is 6.48. The molecule has 0 fully saturated rings. The van der Waals surface area contributed by atoms with E-state index in [2.05, 4.69) is 168 Å². The van der Waals surface area contributed by atoms with Crippen LogP contribution in [0.5, 0.6) is 0 Å². The van der Waals surface area contributed by atoms with Gasteiger partial charge in [-0.3, -0.25) is 9.97 Å². The van der Waals surface area contributed by atoms with Gasteiger partial charge in [-0.2, -0.15) is 0 Å². The molecule has 6 aromatic carbocycles. The molecule has 4 nitrogen and oxygen atoms in total. The highest BCUT2D eigenvalue weighted by molar-refractivity contribution is 5.91. The molecule has 2 aromatic heterocycles. The molecule has 0 saturated carbocycles. The summed E-state index contributed by atoms with van der Waals surface area (Å²) in [6.45, 7) is 0. The maximum absolute atomic E-state index is 4.76. The molecule has 2 heterocycles. The first-order valence-corrected chi connectivity index (χ1v) is 16.7. The van der Waals surface area contributed by atoms with E-state index in [1.165, 1.54) is 0 Å². The number of rotatable bonds is 9. The summed E-state index contributed by atoms with van der Waals surface area (Å²) in [5.41, 5.74) is 12.7. The van der Waals surface area contributed by atoms with Crippen molar-refractivity contribution in [2.45, 2.75) is 0 Å². The number of aromatic nitrogens is 2. The Labute approximate surface area is 293 Å². The number of benzene rings is 6. The number of pyridine rings is 2. The van der Waals surface area contributed by atoms with E-state index in [4.69, 9.17) is 9.97 Å². The van der Waals surface area contributed by atoms with E-state index in [1.807, 2.05) is 49.1 Å². The molecule has 0 atom stereocenters. The summed E-state index contributed by atoms with van der Waals surface area (Å²) in [6, 6.07) is 63.4. The molecule has 0 aliphatic rings. The Morgan fingerprint density at radius 3 is 0.900 bits per heavy atom. The van der Waals surface area contributed by atoms with Gasteiger partial charge in [-0.15, -0.1) is 0 Å². The first-order chi connectivity index (χ1) is 24.8.